The molecule has 2 aliphatic rings. The number of rotatable bonds is 3. The highest BCUT2D eigenvalue weighted by molar-refractivity contribution is 5.99. The molecule has 6 heteroatoms. The van der Waals surface area contributed by atoms with Crippen molar-refractivity contribution in [3.8, 4) is 11.5 Å². The number of methoxy groups -OCH3 is 1. The molecule has 1 saturated carbocycles. The van der Waals surface area contributed by atoms with Crippen LogP contribution in [0.1, 0.15) is 61.9 Å². The Balaban J connectivity index is 1.95. The number of esters is 1. The van der Waals surface area contributed by atoms with Crippen LogP contribution in [-0.4, -0.2) is 36.2 Å². The summed E-state index contributed by atoms with van der Waals surface area (Å²) < 4.78 is 10.7. The zero-order valence-electron chi connectivity index (χ0n) is 15.8. The summed E-state index contributed by atoms with van der Waals surface area (Å²) in [6, 6.07) is 3.29. The molecule has 3 rings (SSSR count). The van der Waals surface area contributed by atoms with Crippen molar-refractivity contribution in [2.75, 3.05) is 13.7 Å². The number of ether oxygens (including phenoxy) is 2. The zero-order valence-corrected chi connectivity index (χ0v) is 15.8. The van der Waals surface area contributed by atoms with Gasteiger partial charge in [0.2, 0.25) is 0 Å². The molecule has 0 radical (unpaired) electrons. The SMILES string of the molecule is COC(=O)CNC(=O)c1ccc2c(c1O)[C@@H]1C[C@H](C)CC[C@H]1C(C)(C)O2. The van der Waals surface area contributed by atoms with Crippen LogP contribution in [0, 0.1) is 11.8 Å². The van der Waals surface area contributed by atoms with Gasteiger partial charge in [-0.15, -0.1) is 0 Å². The number of hydrogen-bond donors (Lipinski definition) is 2. The maximum absolute atomic E-state index is 12.4. The molecule has 142 valence electrons. The van der Waals surface area contributed by atoms with E-state index in [1.54, 1.807) is 12.1 Å². The van der Waals surface area contributed by atoms with Gasteiger partial charge in [0.05, 0.1) is 12.7 Å². The fourth-order valence-corrected chi connectivity index (χ4v) is 4.43. The highest BCUT2D eigenvalue weighted by Gasteiger charge is 2.47. The number of amides is 1. The summed E-state index contributed by atoms with van der Waals surface area (Å²) >= 11 is 0. The van der Waals surface area contributed by atoms with Crippen LogP contribution in [0.4, 0.5) is 0 Å². The minimum atomic E-state index is -0.540. The van der Waals surface area contributed by atoms with E-state index in [2.05, 4.69) is 30.8 Å². The van der Waals surface area contributed by atoms with Gasteiger partial charge in [0.1, 0.15) is 23.6 Å². The molecule has 1 amide bonds. The Hall–Kier alpha value is -2.24. The lowest BCUT2D eigenvalue weighted by molar-refractivity contribution is -0.139. The topological polar surface area (TPSA) is 84.9 Å². The molecular weight excluding hydrogens is 334 g/mol. The molecule has 0 spiro atoms. The van der Waals surface area contributed by atoms with Crippen molar-refractivity contribution in [1.82, 2.24) is 5.32 Å². The Morgan fingerprint density at radius 3 is 2.77 bits per heavy atom. The standard InChI is InChI=1S/C20H27NO5/c1-11-5-7-14-13(9-11)17-15(26-20(14,2)3)8-6-12(18(17)23)19(24)21-10-16(22)25-4/h6,8,11,13-14,23H,5,7,9-10H2,1-4H3,(H,21,24)/t11-,13-,14-/m1/s1. The molecule has 1 aliphatic heterocycles. The van der Waals surface area contributed by atoms with Gasteiger partial charge in [-0.1, -0.05) is 13.3 Å². The minimum absolute atomic E-state index is 0.0375. The van der Waals surface area contributed by atoms with Gasteiger partial charge in [0, 0.05) is 11.5 Å². The molecule has 0 unspecified atom stereocenters. The fourth-order valence-electron chi connectivity index (χ4n) is 4.43. The van der Waals surface area contributed by atoms with Crippen LogP contribution in [-0.2, 0) is 9.53 Å². The van der Waals surface area contributed by atoms with E-state index >= 15 is 0 Å². The first kappa shape index (κ1) is 18.5. The third-order valence-corrected chi connectivity index (χ3v) is 5.79. The van der Waals surface area contributed by atoms with E-state index < -0.39 is 11.9 Å². The second-order valence-electron chi connectivity index (χ2n) is 7.97. The van der Waals surface area contributed by atoms with Crippen LogP contribution < -0.4 is 10.1 Å². The summed E-state index contributed by atoms with van der Waals surface area (Å²) in [6.45, 7) is 6.18. The summed E-state index contributed by atoms with van der Waals surface area (Å²) in [5.41, 5.74) is 0.582. The van der Waals surface area contributed by atoms with Crippen molar-refractivity contribution < 1.29 is 24.2 Å². The number of aromatic hydroxyl groups is 1. The largest absolute Gasteiger partial charge is 0.507 e. The summed E-state index contributed by atoms with van der Waals surface area (Å²) in [7, 11) is 1.26. The number of phenols is 1. The van der Waals surface area contributed by atoms with Crippen LogP contribution in [0.25, 0.3) is 0 Å². The third-order valence-electron chi connectivity index (χ3n) is 5.79. The van der Waals surface area contributed by atoms with Crippen molar-refractivity contribution in [2.24, 2.45) is 11.8 Å². The molecular formula is C20H27NO5. The summed E-state index contributed by atoms with van der Waals surface area (Å²) in [6.07, 6.45) is 3.14. The van der Waals surface area contributed by atoms with Crippen LogP contribution in [0.15, 0.2) is 12.1 Å². The van der Waals surface area contributed by atoms with E-state index in [4.69, 9.17) is 4.74 Å². The van der Waals surface area contributed by atoms with Gasteiger partial charge in [-0.3, -0.25) is 9.59 Å². The first-order valence-electron chi connectivity index (χ1n) is 9.14. The van der Waals surface area contributed by atoms with Gasteiger partial charge in [-0.2, -0.15) is 0 Å². The lowest BCUT2D eigenvalue weighted by Crippen LogP contribution is -2.46. The molecule has 26 heavy (non-hydrogen) atoms. The number of benzene rings is 1. The monoisotopic (exact) mass is 361 g/mol. The normalized spacial score (nSPS) is 26.1. The lowest BCUT2D eigenvalue weighted by atomic mass is 9.64. The average Bonchev–Trinajstić information content (AvgIpc) is 2.58. The van der Waals surface area contributed by atoms with E-state index in [0.717, 1.165) is 24.8 Å². The molecule has 6 nitrogen and oxygen atoms in total. The first-order chi connectivity index (χ1) is 12.2. The first-order valence-corrected chi connectivity index (χ1v) is 9.14. The maximum Gasteiger partial charge on any atom is 0.325 e. The molecule has 2 N–H and O–H groups in total. The van der Waals surface area contributed by atoms with E-state index in [1.165, 1.54) is 7.11 Å². The number of hydrogen-bond acceptors (Lipinski definition) is 5. The van der Waals surface area contributed by atoms with Gasteiger partial charge in [0.25, 0.3) is 5.91 Å². The third kappa shape index (κ3) is 3.24. The second kappa shape index (κ2) is 6.82. The summed E-state index contributed by atoms with van der Waals surface area (Å²) in [5.74, 6) is 0.588. The highest BCUT2D eigenvalue weighted by atomic mass is 16.5. The van der Waals surface area contributed by atoms with Crippen molar-refractivity contribution >= 4 is 11.9 Å². The molecule has 1 aromatic rings. The van der Waals surface area contributed by atoms with Crippen molar-refractivity contribution in [1.29, 1.82) is 0 Å². The predicted molar refractivity (Wildman–Crippen MR) is 96.4 cm³/mol. The second-order valence-corrected chi connectivity index (χ2v) is 7.97. The molecule has 1 aromatic carbocycles. The molecule has 0 aromatic heterocycles. The molecule has 1 fully saturated rings. The summed E-state index contributed by atoms with van der Waals surface area (Å²) in [5, 5.41) is 13.3. The van der Waals surface area contributed by atoms with Crippen molar-refractivity contribution in [2.45, 2.75) is 51.6 Å². The van der Waals surface area contributed by atoms with Gasteiger partial charge in [-0.05, 0) is 50.7 Å². The van der Waals surface area contributed by atoms with Gasteiger partial charge in [0.15, 0.2) is 0 Å². The average molecular weight is 361 g/mol. The minimum Gasteiger partial charge on any atom is -0.507 e. The van der Waals surface area contributed by atoms with Crippen LogP contribution in [0.5, 0.6) is 11.5 Å². The van der Waals surface area contributed by atoms with E-state index in [0.29, 0.717) is 17.6 Å². The maximum atomic E-state index is 12.4. The number of fused-ring (bicyclic) bond motifs is 3. The Bertz CT molecular complexity index is 727. The number of carbonyl (C=O) groups is 2. The van der Waals surface area contributed by atoms with Gasteiger partial charge in [-0.25, -0.2) is 0 Å². The quantitative estimate of drug-likeness (QED) is 0.809. The van der Waals surface area contributed by atoms with E-state index in [1.807, 2.05) is 0 Å². The van der Waals surface area contributed by atoms with Gasteiger partial charge >= 0.3 is 5.97 Å². The van der Waals surface area contributed by atoms with Crippen LogP contribution in [0.2, 0.25) is 0 Å². The van der Waals surface area contributed by atoms with Gasteiger partial charge < -0.3 is 19.9 Å². The molecule has 0 bridgehead atoms. The van der Waals surface area contributed by atoms with E-state index in [-0.39, 0.29) is 29.4 Å². The Morgan fingerprint density at radius 2 is 2.08 bits per heavy atom. The molecule has 3 atom stereocenters. The Labute approximate surface area is 153 Å². The summed E-state index contributed by atoms with van der Waals surface area (Å²) in [4.78, 5) is 23.6. The van der Waals surface area contributed by atoms with Crippen LogP contribution in [0.3, 0.4) is 0 Å². The molecule has 1 heterocycles. The lowest BCUT2D eigenvalue weighted by Gasteiger charge is -2.48. The zero-order chi connectivity index (χ0) is 19.1. The predicted octanol–water partition coefficient (Wildman–Crippen LogP) is 2.99. The number of carbonyl (C=O) groups excluding carboxylic acids is 2. The fraction of sp³-hybridized carbons (Fsp3) is 0.600. The Morgan fingerprint density at radius 1 is 1.35 bits per heavy atom. The molecule has 0 saturated heterocycles. The molecule has 1 aliphatic carbocycles. The number of nitrogens with one attached hydrogen (secondary N) is 1. The smallest absolute Gasteiger partial charge is 0.325 e. The highest BCUT2D eigenvalue weighted by Crippen LogP contribution is 2.55. The van der Waals surface area contributed by atoms with Crippen molar-refractivity contribution in [3.63, 3.8) is 0 Å². The Kier molecular flexibility index (Phi) is 4.86. The van der Waals surface area contributed by atoms with E-state index in [9.17, 15) is 14.7 Å². The van der Waals surface area contributed by atoms with Crippen LogP contribution >= 0.6 is 0 Å². The number of phenolic OH excluding ortho intramolecular Hbond substituents is 1. The van der Waals surface area contributed by atoms with Crippen molar-refractivity contribution in [3.05, 3.63) is 23.3 Å².